The van der Waals surface area contributed by atoms with Crippen LogP contribution in [0.15, 0.2) is 36.4 Å². The number of piperidine rings is 2. The van der Waals surface area contributed by atoms with Crippen LogP contribution in [0.1, 0.15) is 68.2 Å². The highest BCUT2D eigenvalue weighted by Gasteiger charge is 2.36. The molecule has 0 aliphatic carbocycles. The molecule has 16 heteroatoms. The third kappa shape index (κ3) is 11.4. The predicted molar refractivity (Wildman–Crippen MR) is 174 cm³/mol. The van der Waals surface area contributed by atoms with Crippen LogP contribution in [0.3, 0.4) is 0 Å². The molecule has 3 N–H and O–H groups in total. The summed E-state index contributed by atoms with van der Waals surface area (Å²) in [6.45, 7) is 4.36. The topological polar surface area (TPSA) is 118 Å². The number of likely N-dealkylation sites (tertiary alicyclic amines) is 1. The molecule has 3 amide bonds. The van der Waals surface area contributed by atoms with Crippen LogP contribution in [0.25, 0.3) is 0 Å². The Kier molecular flexibility index (Phi) is 13.1. The van der Waals surface area contributed by atoms with Gasteiger partial charge in [0, 0.05) is 44.4 Å². The number of amides is 3. The predicted octanol–water partition coefficient (Wildman–Crippen LogP) is 6.06. The van der Waals surface area contributed by atoms with E-state index in [0.29, 0.717) is 25.9 Å². The highest BCUT2D eigenvalue weighted by atomic mass is 19.4. The van der Waals surface area contributed by atoms with Crippen molar-refractivity contribution in [2.45, 2.75) is 77.0 Å². The number of hydrogen-bond acceptors (Lipinski definition) is 7. The number of halogens is 6. The first-order valence-corrected chi connectivity index (χ1v) is 16.8. The van der Waals surface area contributed by atoms with Crippen LogP contribution in [-0.2, 0) is 39.8 Å². The maximum atomic E-state index is 13.9. The van der Waals surface area contributed by atoms with Gasteiger partial charge in [0.25, 0.3) is 0 Å². The number of ether oxygens (including phenoxy) is 3. The van der Waals surface area contributed by atoms with E-state index < -0.39 is 47.0 Å². The molecule has 2 aromatic carbocycles. The minimum atomic E-state index is -4.68. The molecule has 0 unspecified atom stereocenters. The minimum absolute atomic E-state index is 0.0279. The van der Waals surface area contributed by atoms with E-state index in [4.69, 9.17) is 14.2 Å². The van der Waals surface area contributed by atoms with Crippen molar-refractivity contribution >= 4 is 17.9 Å². The molecule has 2 saturated heterocycles. The summed E-state index contributed by atoms with van der Waals surface area (Å²) in [5.41, 5.74) is -3.05. The summed E-state index contributed by atoms with van der Waals surface area (Å²) in [5, 5.41) is 8.33. The van der Waals surface area contributed by atoms with Crippen molar-refractivity contribution in [1.82, 2.24) is 20.9 Å². The Hall–Kier alpha value is -4.21. The van der Waals surface area contributed by atoms with Crippen LogP contribution < -0.4 is 25.4 Å². The van der Waals surface area contributed by atoms with Gasteiger partial charge in [-0.1, -0.05) is 12.1 Å². The molecular formula is C35H44F6N4O6. The molecule has 2 fully saturated rings. The second-order valence-corrected chi connectivity index (χ2v) is 13.3. The van der Waals surface area contributed by atoms with Gasteiger partial charge in [0.1, 0.15) is 17.1 Å². The summed E-state index contributed by atoms with van der Waals surface area (Å²) in [5.74, 6) is -1.43. The number of rotatable bonds is 12. The first-order valence-electron chi connectivity index (χ1n) is 16.8. The van der Waals surface area contributed by atoms with E-state index in [1.54, 1.807) is 13.8 Å². The number of nitrogens with zero attached hydrogens (tertiary/aromatic N) is 1. The van der Waals surface area contributed by atoms with Crippen molar-refractivity contribution in [2.75, 3.05) is 39.9 Å². The fourth-order valence-corrected chi connectivity index (χ4v) is 5.99. The van der Waals surface area contributed by atoms with Gasteiger partial charge < -0.3 is 35.1 Å². The Morgan fingerprint density at radius 2 is 1.27 bits per heavy atom. The Morgan fingerprint density at radius 1 is 0.784 bits per heavy atom. The highest BCUT2D eigenvalue weighted by molar-refractivity contribution is 5.79. The van der Waals surface area contributed by atoms with Gasteiger partial charge in [-0.15, -0.1) is 0 Å². The fraction of sp³-hybridized carbons (Fsp3) is 0.571. The lowest BCUT2D eigenvalue weighted by molar-refractivity contribution is -0.139. The molecule has 4 rings (SSSR count). The molecule has 2 aliphatic heterocycles. The monoisotopic (exact) mass is 730 g/mol. The zero-order valence-corrected chi connectivity index (χ0v) is 28.8. The fourth-order valence-electron chi connectivity index (χ4n) is 5.99. The van der Waals surface area contributed by atoms with Gasteiger partial charge in [-0.2, -0.15) is 26.3 Å². The smallest absolute Gasteiger partial charge is 0.416 e. The van der Waals surface area contributed by atoms with Gasteiger partial charge in [-0.3, -0.25) is 9.59 Å². The first-order chi connectivity index (χ1) is 24.0. The highest BCUT2D eigenvalue weighted by Crippen LogP contribution is 2.36. The normalized spacial score (nSPS) is 16.4. The average molecular weight is 731 g/mol. The summed E-state index contributed by atoms with van der Waals surface area (Å²) in [6, 6.07) is 7.07. The zero-order valence-electron chi connectivity index (χ0n) is 28.8. The van der Waals surface area contributed by atoms with E-state index in [9.17, 15) is 40.7 Å². The molecule has 282 valence electrons. The van der Waals surface area contributed by atoms with Crippen molar-refractivity contribution in [2.24, 2.45) is 11.8 Å². The van der Waals surface area contributed by atoms with Crippen LogP contribution in [0.5, 0.6) is 11.5 Å². The maximum Gasteiger partial charge on any atom is 0.416 e. The van der Waals surface area contributed by atoms with Gasteiger partial charge in [0.2, 0.25) is 11.8 Å². The average Bonchev–Trinajstić information content (AvgIpc) is 3.09. The lowest BCUT2D eigenvalue weighted by Crippen LogP contribution is -2.45. The van der Waals surface area contributed by atoms with Crippen LogP contribution >= 0.6 is 0 Å². The molecule has 0 radical (unpaired) electrons. The van der Waals surface area contributed by atoms with Crippen LogP contribution in [0.4, 0.5) is 31.1 Å². The van der Waals surface area contributed by atoms with E-state index in [1.165, 1.54) is 36.3 Å². The number of benzene rings is 2. The van der Waals surface area contributed by atoms with Crippen molar-refractivity contribution in [3.05, 3.63) is 58.7 Å². The van der Waals surface area contributed by atoms with Gasteiger partial charge in [-0.05, 0) is 88.0 Å². The lowest BCUT2D eigenvalue weighted by atomic mass is 9.96. The number of carbonyl (C=O) groups is 3. The number of alkyl halides is 6. The van der Waals surface area contributed by atoms with Crippen LogP contribution in [-0.4, -0.2) is 68.3 Å². The van der Waals surface area contributed by atoms with E-state index in [2.05, 4.69) is 16.0 Å². The van der Waals surface area contributed by atoms with E-state index in [-0.39, 0.29) is 86.5 Å². The largest absolute Gasteiger partial charge is 0.497 e. The van der Waals surface area contributed by atoms with Crippen LogP contribution in [0, 0.1) is 11.8 Å². The third-order valence-electron chi connectivity index (χ3n) is 9.09. The molecule has 0 bridgehead atoms. The molecule has 2 aliphatic rings. The Morgan fingerprint density at radius 3 is 1.78 bits per heavy atom. The van der Waals surface area contributed by atoms with Gasteiger partial charge in [-0.25, -0.2) is 4.79 Å². The Balaban J connectivity index is 1.22. The third-order valence-corrected chi connectivity index (χ3v) is 9.09. The van der Waals surface area contributed by atoms with Crippen molar-refractivity contribution in [1.29, 1.82) is 0 Å². The number of hydrogen-bond donors (Lipinski definition) is 3. The Bertz CT molecular complexity index is 1520. The molecule has 0 spiro atoms. The van der Waals surface area contributed by atoms with Crippen molar-refractivity contribution in [3.8, 4) is 11.5 Å². The SMILES string of the molecule is COc1ccc(CNC(=O)C2CCN(C(=O)OC(C)(C)CCOc3ccc(CNC(=O)C4CCNCC4)c(C(F)(F)F)c3)CC2)c(C(F)(F)F)c1. The molecule has 2 aromatic rings. The zero-order chi connectivity index (χ0) is 37.4. The second-order valence-electron chi connectivity index (χ2n) is 13.3. The van der Waals surface area contributed by atoms with E-state index in [1.807, 2.05) is 0 Å². The molecule has 10 nitrogen and oxygen atoms in total. The first kappa shape index (κ1) is 39.6. The number of nitrogens with one attached hydrogen (secondary N) is 3. The minimum Gasteiger partial charge on any atom is -0.497 e. The quantitative estimate of drug-likeness (QED) is 0.228. The summed E-state index contributed by atoms with van der Waals surface area (Å²) >= 11 is 0. The summed E-state index contributed by atoms with van der Waals surface area (Å²) in [6.07, 6.45) is -7.99. The number of carbonyl (C=O) groups excluding carboxylic acids is 3. The summed E-state index contributed by atoms with van der Waals surface area (Å²) < 4.78 is 98.3. The molecule has 2 heterocycles. The molecular weight excluding hydrogens is 686 g/mol. The van der Waals surface area contributed by atoms with Crippen molar-refractivity contribution in [3.63, 3.8) is 0 Å². The molecule has 0 saturated carbocycles. The van der Waals surface area contributed by atoms with Gasteiger partial charge in [0.15, 0.2) is 0 Å². The van der Waals surface area contributed by atoms with Crippen molar-refractivity contribution < 1.29 is 54.9 Å². The van der Waals surface area contributed by atoms with Gasteiger partial charge in [0.05, 0.1) is 24.8 Å². The van der Waals surface area contributed by atoms with Crippen LogP contribution in [0.2, 0.25) is 0 Å². The summed E-state index contributed by atoms with van der Waals surface area (Å²) in [4.78, 5) is 39.5. The summed E-state index contributed by atoms with van der Waals surface area (Å²) in [7, 11) is 1.26. The Labute approximate surface area is 292 Å². The van der Waals surface area contributed by atoms with E-state index in [0.717, 1.165) is 12.1 Å². The molecule has 0 aromatic heterocycles. The van der Waals surface area contributed by atoms with E-state index >= 15 is 0 Å². The van der Waals surface area contributed by atoms with Gasteiger partial charge >= 0.3 is 18.4 Å². The second kappa shape index (κ2) is 16.9. The molecule has 0 atom stereocenters. The lowest BCUT2D eigenvalue weighted by Gasteiger charge is -2.34. The standard InChI is InChI=1S/C35H44F6N4O6/c1-33(2,12-17-50-27-7-5-25(29(19-27)35(39,40)41)21-43-30(46)22-8-13-42-14-9-22)51-32(48)45-15-10-23(11-16-45)31(47)44-20-24-4-6-26(49-3)18-28(24)34(36,37)38/h4-7,18-19,22-23,42H,8-17,20-21H2,1-3H3,(H,43,46)(H,44,47). The molecule has 51 heavy (non-hydrogen) atoms. The maximum absolute atomic E-state index is 13.9. The number of methoxy groups -OCH3 is 1.